The van der Waals surface area contributed by atoms with Gasteiger partial charge in [0.05, 0.1) is 14.2 Å². The molecular formula is C28H29NO3. The van der Waals surface area contributed by atoms with E-state index < -0.39 is 0 Å². The standard InChI is InChI=1S/C28H29NO3/c1-31-25-13-11-18(15-26(25)32-2)12-14-27(30)29-17-19-16-24-20-7-3-5-9-22(20)28(19)23-10-6-4-8-21(23)24/h3-11,13,15,19,24,28H,12,14,16-17H2,1-2H3,(H,29,30). The molecule has 3 aliphatic carbocycles. The van der Waals surface area contributed by atoms with Crippen molar-refractivity contribution in [1.29, 1.82) is 0 Å². The molecule has 1 amide bonds. The molecule has 6 rings (SSSR count). The van der Waals surface area contributed by atoms with E-state index in [0.29, 0.717) is 48.6 Å². The Bertz CT molecular complexity index is 1090. The van der Waals surface area contributed by atoms with Crippen LogP contribution in [0.25, 0.3) is 0 Å². The van der Waals surface area contributed by atoms with Gasteiger partial charge in [0, 0.05) is 24.8 Å². The fourth-order valence-corrected chi connectivity index (χ4v) is 5.59. The van der Waals surface area contributed by atoms with E-state index in [0.717, 1.165) is 12.0 Å². The summed E-state index contributed by atoms with van der Waals surface area (Å²) < 4.78 is 10.7. The molecular weight excluding hydrogens is 398 g/mol. The highest BCUT2D eigenvalue weighted by atomic mass is 16.5. The normalized spacial score (nSPS) is 20.2. The third-order valence-corrected chi connectivity index (χ3v) is 7.07. The van der Waals surface area contributed by atoms with Crippen LogP contribution in [0.1, 0.15) is 52.5 Å². The zero-order chi connectivity index (χ0) is 22.1. The second-order valence-electron chi connectivity index (χ2n) is 8.78. The summed E-state index contributed by atoms with van der Waals surface area (Å²) in [6.07, 6.45) is 2.23. The van der Waals surface area contributed by atoms with Crippen molar-refractivity contribution in [3.63, 3.8) is 0 Å². The highest BCUT2D eigenvalue weighted by Gasteiger charge is 2.42. The van der Waals surface area contributed by atoms with E-state index in [2.05, 4.69) is 53.8 Å². The van der Waals surface area contributed by atoms with Gasteiger partial charge >= 0.3 is 0 Å². The van der Waals surface area contributed by atoms with Crippen molar-refractivity contribution in [2.45, 2.75) is 31.1 Å². The van der Waals surface area contributed by atoms with E-state index in [4.69, 9.17) is 9.47 Å². The Morgan fingerprint density at radius 1 is 0.875 bits per heavy atom. The van der Waals surface area contributed by atoms with Crippen molar-refractivity contribution >= 4 is 5.91 Å². The Balaban J connectivity index is 1.25. The first kappa shape index (κ1) is 20.6. The maximum atomic E-state index is 12.7. The summed E-state index contributed by atoms with van der Waals surface area (Å²) in [6.45, 7) is 0.717. The SMILES string of the molecule is COc1ccc(CCC(=O)NCC2CC3c4ccccc4C2c2ccccc23)cc1OC. The maximum Gasteiger partial charge on any atom is 0.220 e. The van der Waals surface area contributed by atoms with Crippen molar-refractivity contribution in [1.82, 2.24) is 5.32 Å². The van der Waals surface area contributed by atoms with Gasteiger partial charge in [-0.25, -0.2) is 0 Å². The van der Waals surface area contributed by atoms with Crippen LogP contribution in [-0.4, -0.2) is 26.7 Å². The van der Waals surface area contributed by atoms with Crippen molar-refractivity contribution < 1.29 is 14.3 Å². The topological polar surface area (TPSA) is 47.6 Å². The van der Waals surface area contributed by atoms with Crippen molar-refractivity contribution in [3.05, 3.63) is 94.5 Å². The Morgan fingerprint density at radius 3 is 2.12 bits per heavy atom. The third kappa shape index (κ3) is 3.64. The van der Waals surface area contributed by atoms with Crippen LogP contribution in [0.3, 0.4) is 0 Å². The predicted octanol–water partition coefficient (Wildman–Crippen LogP) is 5.05. The van der Waals surface area contributed by atoms with Crippen LogP contribution in [-0.2, 0) is 11.2 Å². The van der Waals surface area contributed by atoms with Gasteiger partial charge in [0.25, 0.3) is 0 Å². The van der Waals surface area contributed by atoms with Crippen LogP contribution in [0.4, 0.5) is 0 Å². The first-order chi connectivity index (χ1) is 15.7. The second kappa shape index (κ2) is 8.70. The van der Waals surface area contributed by atoms with Crippen LogP contribution in [0.5, 0.6) is 11.5 Å². The lowest BCUT2D eigenvalue weighted by Crippen LogP contribution is -2.39. The van der Waals surface area contributed by atoms with Gasteiger partial charge in [-0.2, -0.15) is 0 Å². The summed E-state index contributed by atoms with van der Waals surface area (Å²) in [4.78, 5) is 12.7. The van der Waals surface area contributed by atoms with Gasteiger partial charge in [-0.05, 0) is 58.7 Å². The number of fused-ring (bicyclic) bond motifs is 1. The summed E-state index contributed by atoms with van der Waals surface area (Å²) >= 11 is 0. The summed E-state index contributed by atoms with van der Waals surface area (Å²) in [5.41, 5.74) is 6.87. The lowest BCUT2D eigenvalue weighted by Gasteiger charge is -2.45. The fraction of sp³-hybridized carbons (Fsp3) is 0.321. The summed E-state index contributed by atoms with van der Waals surface area (Å²) in [7, 11) is 3.25. The highest BCUT2D eigenvalue weighted by Crippen LogP contribution is 2.55. The van der Waals surface area contributed by atoms with Crippen LogP contribution in [0, 0.1) is 5.92 Å². The Morgan fingerprint density at radius 2 is 1.50 bits per heavy atom. The predicted molar refractivity (Wildman–Crippen MR) is 126 cm³/mol. The van der Waals surface area contributed by atoms with Gasteiger partial charge in [-0.3, -0.25) is 4.79 Å². The summed E-state index contributed by atoms with van der Waals surface area (Å²) in [5, 5.41) is 3.23. The number of methoxy groups -OCH3 is 2. The van der Waals surface area contributed by atoms with Crippen molar-refractivity contribution in [2.24, 2.45) is 5.92 Å². The summed E-state index contributed by atoms with van der Waals surface area (Å²) in [6, 6.07) is 23.5. The quantitative estimate of drug-likeness (QED) is 0.574. The number of nitrogens with one attached hydrogen (secondary N) is 1. The minimum atomic E-state index is 0.0998. The van der Waals surface area contributed by atoms with Gasteiger partial charge < -0.3 is 14.8 Å². The molecule has 4 nitrogen and oxygen atoms in total. The zero-order valence-corrected chi connectivity index (χ0v) is 18.6. The number of hydrogen-bond acceptors (Lipinski definition) is 3. The molecule has 0 aromatic heterocycles. The van der Waals surface area contributed by atoms with E-state index in [1.54, 1.807) is 14.2 Å². The number of rotatable bonds is 7. The number of aryl methyl sites for hydroxylation is 1. The van der Waals surface area contributed by atoms with Gasteiger partial charge in [0.1, 0.15) is 0 Å². The first-order valence-corrected chi connectivity index (χ1v) is 11.3. The van der Waals surface area contributed by atoms with Crippen LogP contribution >= 0.6 is 0 Å². The Kier molecular flexibility index (Phi) is 5.60. The zero-order valence-electron chi connectivity index (χ0n) is 18.6. The molecule has 0 heterocycles. The largest absolute Gasteiger partial charge is 0.493 e. The van der Waals surface area contributed by atoms with Crippen LogP contribution in [0.15, 0.2) is 66.7 Å². The molecule has 0 spiro atoms. The average molecular weight is 428 g/mol. The van der Waals surface area contributed by atoms with Crippen molar-refractivity contribution in [3.8, 4) is 11.5 Å². The summed E-state index contributed by atoms with van der Waals surface area (Å²) in [5.74, 6) is 2.71. The molecule has 0 saturated heterocycles. The van der Waals surface area contributed by atoms with E-state index >= 15 is 0 Å². The van der Waals surface area contributed by atoms with E-state index in [9.17, 15) is 4.79 Å². The molecule has 3 aliphatic rings. The second-order valence-corrected chi connectivity index (χ2v) is 8.78. The molecule has 0 saturated carbocycles. The molecule has 164 valence electrons. The monoisotopic (exact) mass is 427 g/mol. The minimum Gasteiger partial charge on any atom is -0.493 e. The molecule has 1 unspecified atom stereocenters. The van der Waals surface area contributed by atoms with Crippen LogP contribution < -0.4 is 14.8 Å². The first-order valence-electron chi connectivity index (χ1n) is 11.3. The van der Waals surface area contributed by atoms with E-state index in [1.165, 1.54) is 22.3 Å². The molecule has 1 atom stereocenters. The number of benzene rings is 3. The fourth-order valence-electron chi connectivity index (χ4n) is 5.59. The Hall–Kier alpha value is -3.27. The molecule has 3 aromatic carbocycles. The number of ether oxygens (including phenoxy) is 2. The van der Waals surface area contributed by atoms with E-state index in [-0.39, 0.29) is 5.91 Å². The molecule has 1 N–H and O–H groups in total. The minimum absolute atomic E-state index is 0.0998. The van der Waals surface area contributed by atoms with Crippen molar-refractivity contribution in [2.75, 3.05) is 20.8 Å². The van der Waals surface area contributed by atoms with Gasteiger partial charge in [0.15, 0.2) is 11.5 Å². The molecule has 2 bridgehead atoms. The maximum absolute atomic E-state index is 12.7. The molecule has 3 aromatic rings. The lowest BCUT2D eigenvalue weighted by atomic mass is 9.59. The molecule has 0 radical (unpaired) electrons. The molecule has 0 fully saturated rings. The van der Waals surface area contributed by atoms with Crippen LogP contribution in [0.2, 0.25) is 0 Å². The Labute approximate surface area is 189 Å². The average Bonchev–Trinajstić information content (AvgIpc) is 2.86. The van der Waals surface area contributed by atoms with E-state index in [1.807, 2.05) is 18.2 Å². The highest BCUT2D eigenvalue weighted by molar-refractivity contribution is 5.76. The number of carbonyl (C=O) groups excluding carboxylic acids is 1. The van der Waals surface area contributed by atoms with Gasteiger partial charge in [0.2, 0.25) is 5.91 Å². The lowest BCUT2D eigenvalue weighted by molar-refractivity contribution is -0.121. The molecule has 0 aliphatic heterocycles. The van der Waals surface area contributed by atoms with Gasteiger partial charge in [-0.15, -0.1) is 0 Å². The third-order valence-electron chi connectivity index (χ3n) is 7.07. The number of carbonyl (C=O) groups is 1. The number of hydrogen-bond donors (Lipinski definition) is 1. The molecule has 4 heteroatoms. The molecule has 32 heavy (non-hydrogen) atoms. The van der Waals surface area contributed by atoms with Gasteiger partial charge in [-0.1, -0.05) is 54.6 Å². The smallest absolute Gasteiger partial charge is 0.220 e. The number of amides is 1.